The highest BCUT2D eigenvalue weighted by molar-refractivity contribution is 5.90. The maximum Gasteiger partial charge on any atom is 0.244 e. The topological polar surface area (TPSA) is 81.7 Å². The lowest BCUT2D eigenvalue weighted by Crippen LogP contribution is -2.53. The normalized spacial score (nSPS) is 17.5. The SMILES string of the molecule is COc1nc(NC2CCN(C3COC3)CC2)nn2cc(F)c(-c3cc(F)c4nc(C)n(CCF)c4c3)c12. The largest absolute Gasteiger partial charge is 0.479 e. The molecule has 9 nitrogen and oxygen atoms in total. The number of hydrogen-bond acceptors (Lipinski definition) is 7. The lowest BCUT2D eigenvalue weighted by Gasteiger charge is -2.41. The Balaban J connectivity index is 1.34. The number of piperidine rings is 1. The van der Waals surface area contributed by atoms with E-state index < -0.39 is 18.3 Å². The molecule has 3 aromatic heterocycles. The molecule has 2 fully saturated rings. The van der Waals surface area contributed by atoms with Gasteiger partial charge in [0.2, 0.25) is 11.8 Å². The highest BCUT2D eigenvalue weighted by atomic mass is 19.1. The number of hydrogen-bond donors (Lipinski definition) is 1. The van der Waals surface area contributed by atoms with Crippen molar-refractivity contribution in [3.63, 3.8) is 0 Å². The van der Waals surface area contributed by atoms with Crippen LogP contribution in [0.1, 0.15) is 18.7 Å². The molecular formula is C25H28F3N7O2. The fourth-order valence-corrected chi connectivity index (χ4v) is 5.33. The van der Waals surface area contributed by atoms with Gasteiger partial charge in [-0.1, -0.05) is 0 Å². The fraction of sp³-hybridized carbons (Fsp3) is 0.480. The van der Waals surface area contributed by atoms with E-state index in [0.29, 0.717) is 23.3 Å². The Kier molecular flexibility index (Phi) is 6.15. The molecule has 0 unspecified atom stereocenters. The van der Waals surface area contributed by atoms with E-state index in [9.17, 15) is 4.39 Å². The quantitative estimate of drug-likeness (QED) is 0.403. The number of anilines is 1. The van der Waals surface area contributed by atoms with Crippen molar-refractivity contribution < 1.29 is 22.6 Å². The van der Waals surface area contributed by atoms with Gasteiger partial charge in [0.25, 0.3) is 0 Å². The molecule has 0 saturated carbocycles. The maximum atomic E-state index is 15.4. The Bertz CT molecular complexity index is 1460. The Morgan fingerprint density at radius 2 is 1.92 bits per heavy atom. The number of aromatic nitrogens is 5. The van der Waals surface area contributed by atoms with Crippen LogP contribution >= 0.6 is 0 Å². The van der Waals surface area contributed by atoms with E-state index in [2.05, 4.69) is 25.3 Å². The van der Waals surface area contributed by atoms with E-state index in [1.807, 2.05) is 0 Å². The Morgan fingerprint density at radius 1 is 1.14 bits per heavy atom. The van der Waals surface area contributed by atoms with E-state index >= 15 is 8.78 Å². The molecule has 37 heavy (non-hydrogen) atoms. The molecule has 0 radical (unpaired) electrons. The average molecular weight is 516 g/mol. The van der Waals surface area contributed by atoms with Crippen LogP contribution in [0.25, 0.3) is 27.7 Å². The summed E-state index contributed by atoms with van der Waals surface area (Å²) in [5, 5.41) is 7.84. The van der Waals surface area contributed by atoms with E-state index in [1.165, 1.54) is 23.9 Å². The highest BCUT2D eigenvalue weighted by Crippen LogP contribution is 2.36. The summed E-state index contributed by atoms with van der Waals surface area (Å²) in [6.07, 6.45) is 3.08. The number of nitrogens with one attached hydrogen (secondary N) is 1. The molecule has 0 aliphatic carbocycles. The first kappa shape index (κ1) is 24.0. The second-order valence-electron chi connectivity index (χ2n) is 9.56. The van der Waals surface area contributed by atoms with Gasteiger partial charge in [0.05, 0.1) is 50.2 Å². The van der Waals surface area contributed by atoms with Crippen molar-refractivity contribution in [3.8, 4) is 17.0 Å². The van der Waals surface area contributed by atoms with Crippen LogP contribution in [-0.2, 0) is 11.3 Å². The van der Waals surface area contributed by atoms with Crippen LogP contribution in [0, 0.1) is 18.6 Å². The Morgan fingerprint density at radius 3 is 2.59 bits per heavy atom. The summed E-state index contributed by atoms with van der Waals surface area (Å²) >= 11 is 0. The van der Waals surface area contributed by atoms with Gasteiger partial charge in [-0.2, -0.15) is 4.98 Å². The maximum absolute atomic E-state index is 15.4. The van der Waals surface area contributed by atoms with E-state index in [4.69, 9.17) is 9.47 Å². The van der Waals surface area contributed by atoms with Crippen LogP contribution in [0.2, 0.25) is 0 Å². The number of fused-ring (bicyclic) bond motifs is 2. The average Bonchev–Trinajstić information content (AvgIpc) is 3.35. The Labute approximate surface area is 211 Å². The number of rotatable bonds is 7. The highest BCUT2D eigenvalue weighted by Gasteiger charge is 2.30. The van der Waals surface area contributed by atoms with Crippen molar-refractivity contribution in [2.75, 3.05) is 45.4 Å². The molecule has 0 amide bonds. The summed E-state index contributed by atoms with van der Waals surface area (Å²) in [7, 11) is 1.45. The van der Waals surface area contributed by atoms with Crippen LogP contribution in [0.5, 0.6) is 5.88 Å². The molecule has 1 aromatic carbocycles. The van der Waals surface area contributed by atoms with Gasteiger partial charge in [0, 0.05) is 19.1 Å². The fourth-order valence-electron chi connectivity index (χ4n) is 5.33. The third-order valence-corrected chi connectivity index (χ3v) is 7.34. The zero-order valence-corrected chi connectivity index (χ0v) is 20.7. The minimum Gasteiger partial charge on any atom is -0.479 e. The molecular weight excluding hydrogens is 487 g/mol. The molecule has 2 saturated heterocycles. The van der Waals surface area contributed by atoms with Gasteiger partial charge >= 0.3 is 0 Å². The number of halogens is 3. The molecule has 2 aliphatic heterocycles. The van der Waals surface area contributed by atoms with Gasteiger partial charge in [-0.15, -0.1) is 5.10 Å². The molecule has 0 spiro atoms. The smallest absolute Gasteiger partial charge is 0.244 e. The van der Waals surface area contributed by atoms with Crippen LogP contribution < -0.4 is 10.1 Å². The van der Waals surface area contributed by atoms with Gasteiger partial charge in [-0.25, -0.2) is 22.7 Å². The molecule has 2 aliphatic rings. The van der Waals surface area contributed by atoms with Crippen molar-refractivity contribution in [3.05, 3.63) is 35.8 Å². The predicted octanol–water partition coefficient (Wildman–Crippen LogP) is 3.59. The minimum atomic E-state index is -0.632. The molecule has 12 heteroatoms. The third kappa shape index (κ3) is 4.17. The number of ether oxygens (including phenoxy) is 2. The van der Waals surface area contributed by atoms with Crippen molar-refractivity contribution >= 4 is 22.5 Å². The molecule has 0 bridgehead atoms. The second-order valence-corrected chi connectivity index (χ2v) is 9.56. The molecule has 4 aromatic rings. The third-order valence-electron chi connectivity index (χ3n) is 7.34. The van der Waals surface area contributed by atoms with Gasteiger partial charge < -0.3 is 19.4 Å². The summed E-state index contributed by atoms with van der Waals surface area (Å²) in [6.45, 7) is 4.59. The summed E-state index contributed by atoms with van der Waals surface area (Å²) in [6, 6.07) is 3.52. The van der Waals surface area contributed by atoms with Gasteiger partial charge in [0.15, 0.2) is 11.6 Å². The zero-order chi connectivity index (χ0) is 25.7. The summed E-state index contributed by atoms with van der Waals surface area (Å²) in [5.74, 6) is -0.254. The lowest BCUT2D eigenvalue weighted by atomic mass is 10.0. The van der Waals surface area contributed by atoms with E-state index in [0.717, 1.165) is 39.1 Å². The first-order valence-corrected chi connectivity index (χ1v) is 12.4. The molecule has 196 valence electrons. The first-order valence-electron chi connectivity index (χ1n) is 12.4. The summed E-state index contributed by atoms with van der Waals surface area (Å²) < 4.78 is 57.3. The van der Waals surface area contributed by atoms with Crippen molar-refractivity contribution in [1.82, 2.24) is 29.0 Å². The van der Waals surface area contributed by atoms with E-state index in [1.54, 1.807) is 17.6 Å². The summed E-state index contributed by atoms with van der Waals surface area (Å²) in [5.41, 5.74) is 1.15. The first-order chi connectivity index (χ1) is 18.0. The summed E-state index contributed by atoms with van der Waals surface area (Å²) in [4.78, 5) is 11.2. The van der Waals surface area contributed by atoms with Crippen molar-refractivity contribution in [2.45, 2.75) is 38.4 Å². The second kappa shape index (κ2) is 9.49. The zero-order valence-electron chi connectivity index (χ0n) is 20.7. The number of nitrogens with zero attached hydrogens (tertiary/aromatic N) is 6. The number of aryl methyl sites for hydroxylation is 2. The molecule has 1 N–H and O–H groups in total. The van der Waals surface area contributed by atoms with Crippen LogP contribution in [0.4, 0.5) is 19.1 Å². The molecule has 5 heterocycles. The number of alkyl halides is 1. The van der Waals surface area contributed by atoms with Crippen LogP contribution in [0.3, 0.4) is 0 Å². The minimum absolute atomic E-state index is 0.0268. The number of methoxy groups -OCH3 is 1. The number of benzene rings is 1. The predicted molar refractivity (Wildman–Crippen MR) is 132 cm³/mol. The number of likely N-dealkylation sites (tertiary alicyclic amines) is 1. The van der Waals surface area contributed by atoms with Gasteiger partial charge in [-0.3, -0.25) is 4.90 Å². The lowest BCUT2D eigenvalue weighted by molar-refractivity contribution is -0.0705. The van der Waals surface area contributed by atoms with E-state index in [-0.39, 0.29) is 40.6 Å². The molecule has 0 atom stereocenters. The van der Waals surface area contributed by atoms with Gasteiger partial charge in [-0.05, 0) is 37.5 Å². The van der Waals surface area contributed by atoms with Crippen LogP contribution in [-0.4, -0.2) is 81.2 Å². The van der Waals surface area contributed by atoms with Crippen molar-refractivity contribution in [2.24, 2.45) is 0 Å². The van der Waals surface area contributed by atoms with Crippen molar-refractivity contribution in [1.29, 1.82) is 0 Å². The number of imidazole rings is 1. The monoisotopic (exact) mass is 515 g/mol. The Hall–Kier alpha value is -3.38. The van der Waals surface area contributed by atoms with Crippen LogP contribution in [0.15, 0.2) is 18.3 Å². The molecule has 6 rings (SSSR count). The van der Waals surface area contributed by atoms with Gasteiger partial charge in [0.1, 0.15) is 23.5 Å². The standard InChI is InChI=1S/C25H28F3N7O2/c1-14-29-22-18(27)9-15(10-20(22)34(14)8-5-26)21-19(28)11-35-23(21)24(36-2)31-25(32-35)30-16-3-6-33(7-4-16)17-12-37-13-17/h9-11,16-17H,3-8,12-13H2,1-2H3,(H,30,32).